The maximum absolute atomic E-state index is 12.8. The van der Waals surface area contributed by atoms with Gasteiger partial charge in [0.25, 0.3) is 11.6 Å². The lowest BCUT2D eigenvalue weighted by molar-refractivity contribution is -0.384. The van der Waals surface area contributed by atoms with Crippen LogP contribution in [-0.2, 0) is 4.79 Å². The van der Waals surface area contributed by atoms with Crippen LogP contribution in [0.25, 0.3) is 0 Å². The fourth-order valence-corrected chi connectivity index (χ4v) is 2.43. The number of nitrogens with zero attached hydrogens (tertiary/aromatic N) is 2. The lowest BCUT2D eigenvalue weighted by Gasteiger charge is -2.19. The molecule has 9 heteroatoms. The predicted molar refractivity (Wildman–Crippen MR) is 100.0 cm³/mol. The summed E-state index contributed by atoms with van der Waals surface area (Å²) in [5, 5.41) is 19.8. The zero-order valence-corrected chi connectivity index (χ0v) is 15.5. The summed E-state index contributed by atoms with van der Waals surface area (Å²) in [6.07, 6.45) is 0.183. The first-order valence-electron chi connectivity index (χ1n) is 8.39. The Morgan fingerprint density at radius 2 is 1.79 bits per heavy atom. The van der Waals surface area contributed by atoms with Crippen LogP contribution >= 0.6 is 0 Å². The van der Waals surface area contributed by atoms with Crippen molar-refractivity contribution in [2.24, 2.45) is 0 Å². The second-order valence-corrected chi connectivity index (χ2v) is 5.94. The van der Waals surface area contributed by atoms with E-state index in [9.17, 15) is 19.7 Å². The molecule has 0 heterocycles. The minimum Gasteiger partial charge on any atom is -0.497 e. The molecule has 2 aromatic carbocycles. The molecule has 9 nitrogen and oxygen atoms in total. The number of hydrogen-bond donors (Lipinski definition) is 1. The van der Waals surface area contributed by atoms with Crippen molar-refractivity contribution in [3.05, 3.63) is 58.1 Å². The molecule has 0 radical (unpaired) electrons. The molecule has 1 amide bonds. The highest BCUT2D eigenvalue weighted by Gasteiger charge is 2.21. The Kier molecular flexibility index (Phi) is 6.91. The maximum Gasteiger partial charge on any atom is 0.303 e. The van der Waals surface area contributed by atoms with E-state index in [4.69, 9.17) is 14.6 Å². The fraction of sp³-hybridized carbons (Fsp3) is 0.263. The zero-order chi connectivity index (χ0) is 20.7. The molecule has 2 rings (SSSR count). The van der Waals surface area contributed by atoms with Gasteiger partial charge in [0.1, 0.15) is 17.2 Å². The summed E-state index contributed by atoms with van der Waals surface area (Å²) < 4.78 is 10.8. The SMILES string of the molecule is COc1ccc(Oc2ccc([N+](=O)[O-])cc2C(=O)N(C)CCCC(=O)O)cc1. The minimum absolute atomic E-state index is 0.0165. The number of ether oxygens (including phenoxy) is 2. The first kappa shape index (κ1) is 20.7. The van der Waals surface area contributed by atoms with E-state index in [2.05, 4.69) is 0 Å². The van der Waals surface area contributed by atoms with E-state index in [0.29, 0.717) is 11.5 Å². The number of non-ortho nitro benzene ring substituents is 1. The highest BCUT2D eigenvalue weighted by molar-refractivity contribution is 5.97. The Hall–Kier alpha value is -3.62. The lowest BCUT2D eigenvalue weighted by Crippen LogP contribution is -2.28. The summed E-state index contributed by atoms with van der Waals surface area (Å²) in [5.41, 5.74) is -0.229. The van der Waals surface area contributed by atoms with Crippen molar-refractivity contribution in [1.29, 1.82) is 0 Å². The maximum atomic E-state index is 12.8. The monoisotopic (exact) mass is 388 g/mol. The molecule has 0 saturated heterocycles. The molecule has 2 aromatic rings. The van der Waals surface area contributed by atoms with Gasteiger partial charge < -0.3 is 19.5 Å². The Morgan fingerprint density at radius 3 is 2.36 bits per heavy atom. The van der Waals surface area contributed by atoms with Crippen molar-refractivity contribution in [2.45, 2.75) is 12.8 Å². The van der Waals surface area contributed by atoms with Gasteiger partial charge in [0.05, 0.1) is 17.6 Å². The van der Waals surface area contributed by atoms with Crippen LogP contribution in [0.3, 0.4) is 0 Å². The third kappa shape index (κ3) is 5.44. The molecule has 0 unspecified atom stereocenters. The molecule has 148 valence electrons. The highest BCUT2D eigenvalue weighted by Crippen LogP contribution is 2.30. The van der Waals surface area contributed by atoms with Gasteiger partial charge in [-0.05, 0) is 36.8 Å². The minimum atomic E-state index is -0.959. The molecule has 1 N–H and O–H groups in total. The fourth-order valence-electron chi connectivity index (χ4n) is 2.43. The average Bonchev–Trinajstić information content (AvgIpc) is 2.67. The van der Waals surface area contributed by atoms with Crippen LogP contribution in [0.2, 0.25) is 0 Å². The van der Waals surface area contributed by atoms with E-state index in [1.807, 2.05) is 0 Å². The van der Waals surface area contributed by atoms with E-state index in [1.165, 1.54) is 31.2 Å². The summed E-state index contributed by atoms with van der Waals surface area (Å²) in [7, 11) is 3.03. The van der Waals surface area contributed by atoms with Crippen molar-refractivity contribution >= 4 is 17.6 Å². The number of carbonyl (C=O) groups excluding carboxylic acids is 1. The average molecular weight is 388 g/mol. The smallest absolute Gasteiger partial charge is 0.303 e. The largest absolute Gasteiger partial charge is 0.497 e. The molecule has 0 aliphatic rings. The van der Waals surface area contributed by atoms with Crippen LogP contribution in [0.15, 0.2) is 42.5 Å². The van der Waals surface area contributed by atoms with E-state index in [0.717, 1.165) is 6.07 Å². The Balaban J connectivity index is 2.28. The van der Waals surface area contributed by atoms with Gasteiger partial charge in [-0.2, -0.15) is 0 Å². The summed E-state index contributed by atoms with van der Waals surface area (Å²) in [4.78, 5) is 35.2. The molecule has 0 fully saturated rings. The van der Waals surface area contributed by atoms with E-state index in [-0.39, 0.29) is 36.4 Å². The van der Waals surface area contributed by atoms with E-state index in [1.54, 1.807) is 24.3 Å². The van der Waals surface area contributed by atoms with Crippen LogP contribution in [0.4, 0.5) is 5.69 Å². The van der Waals surface area contributed by atoms with Crippen LogP contribution < -0.4 is 9.47 Å². The second-order valence-electron chi connectivity index (χ2n) is 5.94. The number of aliphatic carboxylic acids is 1. The molecule has 0 spiro atoms. The zero-order valence-electron chi connectivity index (χ0n) is 15.5. The van der Waals surface area contributed by atoms with Crippen molar-refractivity contribution < 1.29 is 29.1 Å². The third-order valence-electron chi connectivity index (χ3n) is 3.92. The van der Waals surface area contributed by atoms with Crippen LogP contribution in [0, 0.1) is 10.1 Å². The van der Waals surface area contributed by atoms with Gasteiger partial charge in [-0.15, -0.1) is 0 Å². The van der Waals surface area contributed by atoms with Gasteiger partial charge >= 0.3 is 5.97 Å². The molecule has 0 saturated carbocycles. The molecular formula is C19H20N2O7. The number of nitro benzene ring substituents is 1. The highest BCUT2D eigenvalue weighted by atomic mass is 16.6. The van der Waals surface area contributed by atoms with Crippen molar-refractivity contribution in [3.63, 3.8) is 0 Å². The molecular weight excluding hydrogens is 368 g/mol. The summed E-state index contributed by atoms with van der Waals surface area (Å²) in [5.74, 6) is -0.245. The third-order valence-corrected chi connectivity index (χ3v) is 3.92. The van der Waals surface area contributed by atoms with E-state index >= 15 is 0 Å². The first-order valence-corrected chi connectivity index (χ1v) is 8.39. The van der Waals surface area contributed by atoms with Gasteiger partial charge in [-0.25, -0.2) is 0 Å². The van der Waals surface area contributed by atoms with Gasteiger partial charge in [0.2, 0.25) is 0 Å². The van der Waals surface area contributed by atoms with Crippen LogP contribution in [0.1, 0.15) is 23.2 Å². The van der Waals surface area contributed by atoms with E-state index < -0.39 is 16.8 Å². The summed E-state index contributed by atoms with van der Waals surface area (Å²) in [6.45, 7) is 0.190. The molecule has 0 aliphatic heterocycles. The molecule has 28 heavy (non-hydrogen) atoms. The molecule has 0 aliphatic carbocycles. The van der Waals surface area contributed by atoms with Gasteiger partial charge in [-0.3, -0.25) is 19.7 Å². The number of rotatable bonds is 9. The van der Waals surface area contributed by atoms with Gasteiger partial charge in [-0.1, -0.05) is 0 Å². The number of methoxy groups -OCH3 is 1. The Morgan fingerprint density at radius 1 is 1.14 bits per heavy atom. The van der Waals surface area contributed by atoms with Crippen molar-refractivity contribution in [2.75, 3.05) is 20.7 Å². The predicted octanol–water partition coefficient (Wildman–Crippen LogP) is 3.33. The molecule has 0 bridgehead atoms. The summed E-state index contributed by atoms with van der Waals surface area (Å²) in [6, 6.07) is 10.4. The number of hydrogen-bond acceptors (Lipinski definition) is 6. The standard InChI is InChI=1S/C19H20N2O7/c1-20(11-3-4-18(22)23)19(24)16-12-13(21(25)26)5-10-17(16)28-15-8-6-14(27-2)7-9-15/h5-10,12H,3-4,11H2,1-2H3,(H,22,23). The summed E-state index contributed by atoms with van der Waals surface area (Å²) >= 11 is 0. The van der Waals surface area contributed by atoms with Crippen LogP contribution in [0.5, 0.6) is 17.2 Å². The van der Waals surface area contributed by atoms with Gasteiger partial charge in [0, 0.05) is 32.1 Å². The quantitative estimate of drug-likeness (QED) is 0.517. The number of nitro groups is 1. The number of benzene rings is 2. The normalized spacial score (nSPS) is 10.2. The first-order chi connectivity index (χ1) is 13.3. The lowest BCUT2D eigenvalue weighted by atomic mass is 10.1. The van der Waals surface area contributed by atoms with Crippen molar-refractivity contribution in [3.8, 4) is 17.2 Å². The number of carboxylic acid groups (broad SMARTS) is 1. The number of carbonyl (C=O) groups is 2. The second kappa shape index (κ2) is 9.36. The van der Waals surface area contributed by atoms with Crippen LogP contribution in [-0.4, -0.2) is 47.5 Å². The number of carboxylic acids is 1. The number of amides is 1. The van der Waals surface area contributed by atoms with Gasteiger partial charge in [0.15, 0.2) is 0 Å². The van der Waals surface area contributed by atoms with Crippen molar-refractivity contribution in [1.82, 2.24) is 4.90 Å². The Labute approximate surface area is 161 Å². The topological polar surface area (TPSA) is 119 Å². The Bertz CT molecular complexity index is 865. The molecule has 0 aromatic heterocycles. The molecule has 0 atom stereocenters.